The minimum atomic E-state index is 0.610. The van der Waals surface area contributed by atoms with E-state index in [9.17, 15) is 0 Å². The Morgan fingerprint density at radius 1 is 1.60 bits per heavy atom. The van der Waals surface area contributed by atoms with Crippen LogP contribution in [0.15, 0.2) is 4.52 Å². The first-order valence-electron chi connectivity index (χ1n) is 5.53. The molecule has 1 aliphatic heterocycles. The fourth-order valence-electron chi connectivity index (χ4n) is 1.90. The van der Waals surface area contributed by atoms with Crippen LogP contribution in [0.5, 0.6) is 0 Å². The topological polar surface area (TPSA) is 54.2 Å². The number of rotatable bonds is 4. The molecular formula is C10H18N4O. The first-order chi connectivity index (χ1) is 7.31. The van der Waals surface area contributed by atoms with Crippen molar-refractivity contribution >= 4 is 0 Å². The zero-order valence-corrected chi connectivity index (χ0v) is 9.36. The molecule has 0 bridgehead atoms. The Balaban J connectivity index is 1.87. The van der Waals surface area contributed by atoms with Crippen LogP contribution in [0.1, 0.15) is 25.1 Å². The third kappa shape index (κ3) is 2.54. The van der Waals surface area contributed by atoms with Gasteiger partial charge in [0.25, 0.3) is 0 Å². The van der Waals surface area contributed by atoms with E-state index in [1.165, 1.54) is 6.42 Å². The molecule has 0 radical (unpaired) electrons. The SMILES string of the molecule is CCc1noc(CN2CCC(NC)C2)n1. The average molecular weight is 210 g/mol. The van der Waals surface area contributed by atoms with Crippen LogP contribution in [-0.2, 0) is 13.0 Å². The molecule has 5 nitrogen and oxygen atoms in total. The molecule has 0 saturated carbocycles. The highest BCUT2D eigenvalue weighted by molar-refractivity contribution is 4.88. The molecule has 0 spiro atoms. The lowest BCUT2D eigenvalue weighted by molar-refractivity contribution is 0.263. The second-order valence-corrected chi connectivity index (χ2v) is 3.97. The van der Waals surface area contributed by atoms with E-state index in [4.69, 9.17) is 4.52 Å². The summed E-state index contributed by atoms with van der Waals surface area (Å²) < 4.78 is 5.16. The number of hydrogen-bond donors (Lipinski definition) is 1. The van der Waals surface area contributed by atoms with Crippen LogP contribution in [0, 0.1) is 0 Å². The van der Waals surface area contributed by atoms with Crippen molar-refractivity contribution < 1.29 is 4.52 Å². The van der Waals surface area contributed by atoms with Crippen molar-refractivity contribution in [2.45, 2.75) is 32.4 Å². The molecule has 1 unspecified atom stereocenters. The van der Waals surface area contributed by atoms with Gasteiger partial charge in [-0.25, -0.2) is 0 Å². The second-order valence-electron chi connectivity index (χ2n) is 3.97. The summed E-state index contributed by atoms with van der Waals surface area (Å²) >= 11 is 0. The fourth-order valence-corrected chi connectivity index (χ4v) is 1.90. The molecule has 1 aliphatic rings. The van der Waals surface area contributed by atoms with Gasteiger partial charge in [-0.15, -0.1) is 0 Å². The number of aryl methyl sites for hydroxylation is 1. The zero-order chi connectivity index (χ0) is 10.7. The maximum atomic E-state index is 5.16. The Hall–Kier alpha value is -0.940. The number of likely N-dealkylation sites (tertiary alicyclic amines) is 1. The van der Waals surface area contributed by atoms with Gasteiger partial charge in [0.05, 0.1) is 6.54 Å². The highest BCUT2D eigenvalue weighted by atomic mass is 16.5. The monoisotopic (exact) mass is 210 g/mol. The normalized spacial score (nSPS) is 22.4. The third-order valence-corrected chi connectivity index (χ3v) is 2.87. The maximum absolute atomic E-state index is 5.16. The average Bonchev–Trinajstić information content (AvgIpc) is 2.87. The van der Waals surface area contributed by atoms with Gasteiger partial charge in [0, 0.05) is 25.6 Å². The van der Waals surface area contributed by atoms with Gasteiger partial charge in [0.15, 0.2) is 5.82 Å². The first-order valence-corrected chi connectivity index (χ1v) is 5.53. The zero-order valence-electron chi connectivity index (χ0n) is 9.36. The summed E-state index contributed by atoms with van der Waals surface area (Å²) in [5.41, 5.74) is 0. The Kier molecular flexibility index (Phi) is 3.33. The second kappa shape index (κ2) is 4.72. The molecule has 1 fully saturated rings. The molecule has 1 aromatic rings. The van der Waals surface area contributed by atoms with E-state index in [1.54, 1.807) is 0 Å². The highest BCUT2D eigenvalue weighted by Crippen LogP contribution is 2.12. The van der Waals surface area contributed by atoms with Gasteiger partial charge in [0.2, 0.25) is 5.89 Å². The Morgan fingerprint density at radius 3 is 3.07 bits per heavy atom. The van der Waals surface area contributed by atoms with E-state index < -0.39 is 0 Å². The predicted molar refractivity (Wildman–Crippen MR) is 56.4 cm³/mol. The lowest BCUT2D eigenvalue weighted by Gasteiger charge is -2.12. The van der Waals surface area contributed by atoms with Gasteiger partial charge in [-0.3, -0.25) is 4.90 Å². The summed E-state index contributed by atoms with van der Waals surface area (Å²) in [6, 6.07) is 0.610. The summed E-state index contributed by atoms with van der Waals surface area (Å²) in [7, 11) is 2.01. The summed E-state index contributed by atoms with van der Waals surface area (Å²) in [6.45, 7) is 4.99. The largest absolute Gasteiger partial charge is 0.338 e. The van der Waals surface area contributed by atoms with E-state index in [0.29, 0.717) is 6.04 Å². The van der Waals surface area contributed by atoms with Gasteiger partial charge in [-0.2, -0.15) is 4.98 Å². The molecular weight excluding hydrogens is 192 g/mol. The van der Waals surface area contributed by atoms with E-state index in [1.807, 2.05) is 14.0 Å². The molecule has 0 aliphatic carbocycles. The Labute approximate surface area is 89.8 Å². The van der Waals surface area contributed by atoms with Crippen LogP contribution in [0.2, 0.25) is 0 Å². The fraction of sp³-hybridized carbons (Fsp3) is 0.800. The van der Waals surface area contributed by atoms with Gasteiger partial charge < -0.3 is 9.84 Å². The molecule has 0 amide bonds. The van der Waals surface area contributed by atoms with Crippen molar-refractivity contribution in [3.8, 4) is 0 Å². The number of aromatic nitrogens is 2. The van der Waals surface area contributed by atoms with E-state index in [2.05, 4.69) is 20.4 Å². The number of nitrogens with one attached hydrogen (secondary N) is 1. The molecule has 1 saturated heterocycles. The number of hydrogen-bond acceptors (Lipinski definition) is 5. The Morgan fingerprint density at radius 2 is 2.47 bits per heavy atom. The highest BCUT2D eigenvalue weighted by Gasteiger charge is 2.22. The molecule has 0 aromatic carbocycles. The third-order valence-electron chi connectivity index (χ3n) is 2.87. The van der Waals surface area contributed by atoms with Crippen molar-refractivity contribution in [1.29, 1.82) is 0 Å². The number of likely N-dealkylation sites (N-methyl/N-ethyl adjacent to an activating group) is 1. The van der Waals surface area contributed by atoms with E-state index >= 15 is 0 Å². The predicted octanol–water partition coefficient (Wildman–Crippen LogP) is 0.426. The van der Waals surface area contributed by atoms with Crippen molar-refractivity contribution in [2.75, 3.05) is 20.1 Å². The molecule has 2 rings (SSSR count). The van der Waals surface area contributed by atoms with Crippen molar-refractivity contribution in [3.63, 3.8) is 0 Å². The van der Waals surface area contributed by atoms with Crippen LogP contribution >= 0.6 is 0 Å². The first kappa shape index (κ1) is 10.6. The summed E-state index contributed by atoms with van der Waals surface area (Å²) in [5.74, 6) is 1.54. The summed E-state index contributed by atoms with van der Waals surface area (Å²) in [6.07, 6.45) is 2.04. The molecule has 2 heterocycles. The van der Waals surface area contributed by atoms with Crippen molar-refractivity contribution in [3.05, 3.63) is 11.7 Å². The van der Waals surface area contributed by atoms with Gasteiger partial charge in [-0.1, -0.05) is 12.1 Å². The van der Waals surface area contributed by atoms with Crippen molar-refractivity contribution in [2.24, 2.45) is 0 Å². The lowest BCUT2D eigenvalue weighted by atomic mass is 10.3. The van der Waals surface area contributed by atoms with Crippen LogP contribution in [0.3, 0.4) is 0 Å². The molecule has 15 heavy (non-hydrogen) atoms. The van der Waals surface area contributed by atoms with Crippen LogP contribution in [0.25, 0.3) is 0 Å². The molecule has 1 N–H and O–H groups in total. The minimum absolute atomic E-state index is 0.610. The lowest BCUT2D eigenvalue weighted by Crippen LogP contribution is -2.29. The molecule has 1 aromatic heterocycles. The summed E-state index contributed by atoms with van der Waals surface area (Å²) in [5, 5.41) is 7.18. The van der Waals surface area contributed by atoms with Gasteiger partial charge in [0.1, 0.15) is 0 Å². The molecule has 84 valence electrons. The smallest absolute Gasteiger partial charge is 0.240 e. The van der Waals surface area contributed by atoms with Gasteiger partial charge in [-0.05, 0) is 13.5 Å². The van der Waals surface area contributed by atoms with Gasteiger partial charge >= 0.3 is 0 Å². The van der Waals surface area contributed by atoms with Crippen LogP contribution < -0.4 is 5.32 Å². The van der Waals surface area contributed by atoms with Crippen molar-refractivity contribution in [1.82, 2.24) is 20.4 Å². The number of nitrogens with zero attached hydrogens (tertiary/aromatic N) is 3. The quantitative estimate of drug-likeness (QED) is 0.781. The van der Waals surface area contributed by atoms with Crippen LogP contribution in [-0.4, -0.2) is 41.2 Å². The standard InChI is InChI=1S/C10H18N4O/c1-3-9-12-10(15-13-9)7-14-5-4-8(6-14)11-2/h8,11H,3-7H2,1-2H3. The summed E-state index contributed by atoms with van der Waals surface area (Å²) in [4.78, 5) is 6.64. The Bertz CT molecular complexity index is 312. The van der Waals surface area contributed by atoms with E-state index in [0.717, 1.165) is 37.8 Å². The van der Waals surface area contributed by atoms with E-state index in [-0.39, 0.29) is 0 Å². The molecule has 5 heteroatoms. The minimum Gasteiger partial charge on any atom is -0.338 e. The molecule has 1 atom stereocenters. The van der Waals surface area contributed by atoms with Crippen LogP contribution in [0.4, 0.5) is 0 Å². The maximum Gasteiger partial charge on any atom is 0.240 e.